The Morgan fingerprint density at radius 3 is 2.40 bits per heavy atom. The number of fused-ring (bicyclic) bond motifs is 1. The van der Waals surface area contributed by atoms with Crippen LogP contribution in [-0.4, -0.2) is 24.0 Å². The number of rotatable bonds is 1. The Morgan fingerprint density at radius 1 is 1.30 bits per heavy atom. The number of hydroxylamine groups is 2. The van der Waals surface area contributed by atoms with Gasteiger partial charge in [-0.15, -0.1) is 0 Å². The van der Waals surface area contributed by atoms with E-state index in [4.69, 9.17) is 0 Å². The number of hydrogen-bond donors (Lipinski definition) is 0. The van der Waals surface area contributed by atoms with Crippen molar-refractivity contribution >= 4 is 5.78 Å². The van der Waals surface area contributed by atoms with Crippen LogP contribution in [0.5, 0.6) is 0 Å². The molecule has 1 atom stereocenters. The normalized spacial score (nSPS) is 22.6. The third-order valence-electron chi connectivity index (χ3n) is 3.20. The summed E-state index contributed by atoms with van der Waals surface area (Å²) in [7, 11) is 0. The van der Waals surface area contributed by atoms with E-state index in [9.17, 15) is 32.8 Å². The largest absolute Gasteiger partial charge is 0.623 e. The van der Waals surface area contributed by atoms with E-state index in [2.05, 4.69) is 0 Å². The lowest BCUT2D eigenvalue weighted by Crippen LogP contribution is -2.72. The second-order valence-corrected chi connectivity index (χ2v) is 4.38. The number of ketones is 1. The number of halogens is 4. The number of Topliss-reactive ketones (excluding diaryl/α,β-unsaturated/α-hetero) is 1. The molecule has 1 unspecified atom stereocenters. The molecule has 1 heterocycles. The summed E-state index contributed by atoms with van der Waals surface area (Å²) in [5, 5.41) is 22.4. The Balaban J connectivity index is 2.94. The van der Waals surface area contributed by atoms with E-state index in [0.29, 0.717) is 13.0 Å². The molecule has 1 aromatic carbocycles. The quantitative estimate of drug-likeness (QED) is 0.406. The molecule has 0 saturated carbocycles. The summed E-state index contributed by atoms with van der Waals surface area (Å²) in [6.45, 7) is -0.855. The van der Waals surface area contributed by atoms with E-state index >= 15 is 0 Å². The molecular weight excluding hydrogens is 284 g/mol. The van der Waals surface area contributed by atoms with E-state index in [0.717, 1.165) is 12.1 Å². The molecule has 0 aliphatic carbocycles. The van der Waals surface area contributed by atoms with Gasteiger partial charge < -0.3 is 10.4 Å². The number of carbonyl (C=O) groups is 1. The molecule has 1 aliphatic rings. The molecule has 20 heavy (non-hydrogen) atoms. The molecule has 0 N–H and O–H groups in total. The lowest BCUT2D eigenvalue weighted by atomic mass is 9.93. The highest BCUT2D eigenvalue weighted by Gasteiger charge is 2.70. The summed E-state index contributed by atoms with van der Waals surface area (Å²) in [6, 6.07) is 2.13. The summed E-state index contributed by atoms with van der Waals surface area (Å²) in [5.74, 6) is -2.38. The Labute approximate surface area is 109 Å². The minimum Gasteiger partial charge on any atom is -0.623 e. The lowest BCUT2D eigenvalue weighted by Gasteiger charge is -2.31. The zero-order valence-corrected chi connectivity index (χ0v) is 10.1. The van der Waals surface area contributed by atoms with Gasteiger partial charge >= 0.3 is 11.7 Å². The van der Waals surface area contributed by atoms with Crippen LogP contribution in [0.25, 0.3) is 0 Å². The maximum atomic E-state index is 13.1. The van der Waals surface area contributed by atoms with Crippen molar-refractivity contribution in [2.45, 2.75) is 18.6 Å². The fourth-order valence-corrected chi connectivity index (χ4v) is 2.09. The van der Waals surface area contributed by atoms with Crippen molar-refractivity contribution in [1.29, 1.82) is 0 Å². The molecule has 2 rings (SSSR count). The second kappa shape index (κ2) is 4.15. The maximum Gasteiger partial charge on any atom is 0.470 e. The highest BCUT2D eigenvalue weighted by Crippen LogP contribution is 2.33. The highest BCUT2D eigenvalue weighted by atomic mass is 19.4. The number of hydrogen-bond acceptors (Lipinski definition) is 3. The molecule has 1 aliphatic heterocycles. The highest BCUT2D eigenvalue weighted by molar-refractivity contribution is 5.88. The van der Waals surface area contributed by atoms with Crippen molar-refractivity contribution in [1.82, 2.24) is 9.48 Å². The van der Waals surface area contributed by atoms with Gasteiger partial charge in [0.1, 0.15) is 5.82 Å². The molecule has 0 fully saturated rings. The van der Waals surface area contributed by atoms with Crippen LogP contribution in [0.1, 0.15) is 6.92 Å². The fourth-order valence-electron chi connectivity index (χ4n) is 2.09. The summed E-state index contributed by atoms with van der Waals surface area (Å²) in [6.07, 6.45) is -5.24. The molecule has 0 saturated heterocycles. The molecule has 1 aromatic rings. The first-order valence-electron chi connectivity index (χ1n) is 5.40. The van der Waals surface area contributed by atoms with Gasteiger partial charge in [0.2, 0.25) is 12.3 Å². The van der Waals surface area contributed by atoms with Crippen molar-refractivity contribution in [3.05, 3.63) is 45.1 Å². The van der Waals surface area contributed by atoms with Crippen LogP contribution in [0.15, 0.2) is 18.2 Å². The summed E-state index contributed by atoms with van der Waals surface area (Å²) >= 11 is 0. The monoisotopic (exact) mass is 292 g/mol. The van der Waals surface area contributed by atoms with Gasteiger partial charge in [-0.05, 0) is 6.07 Å². The molecule has 0 spiro atoms. The Bertz CT molecular complexity index is 713. The fraction of sp³-hybridized carbons (Fsp3) is 0.364. The van der Waals surface area contributed by atoms with Gasteiger partial charge in [-0.2, -0.15) is 22.6 Å². The molecule has 0 aromatic heterocycles. The zero-order valence-electron chi connectivity index (χ0n) is 10.1. The first kappa shape index (κ1) is 14.2. The molecule has 0 radical (unpaired) electrons. The van der Waals surface area contributed by atoms with Crippen molar-refractivity contribution in [2.75, 3.05) is 6.54 Å². The van der Waals surface area contributed by atoms with Crippen LogP contribution in [0.4, 0.5) is 17.6 Å². The Morgan fingerprint density at radius 2 is 1.90 bits per heavy atom. The minimum absolute atomic E-state index is 0.193. The van der Waals surface area contributed by atoms with Crippen LogP contribution < -0.4 is 20.2 Å². The minimum atomic E-state index is -5.24. The standard InChI is InChI=1S/C11H8F4N2O3/c1-6(18)10(11(13,14)15)5-16(19)9-4-7(12)2-3-8(9)17(10)20/h2-4H,5H2,1H3. The van der Waals surface area contributed by atoms with Gasteiger partial charge in [-0.3, -0.25) is 4.79 Å². The molecule has 9 heteroatoms. The predicted molar refractivity (Wildman–Crippen MR) is 59.2 cm³/mol. The van der Waals surface area contributed by atoms with Crippen LogP contribution in [0, 0.1) is 16.2 Å². The third-order valence-corrected chi connectivity index (χ3v) is 3.20. The van der Waals surface area contributed by atoms with Gasteiger partial charge in [0.15, 0.2) is 0 Å². The number of alkyl halides is 3. The zero-order chi connectivity index (χ0) is 15.3. The van der Waals surface area contributed by atoms with Gasteiger partial charge in [0.05, 0.1) is 6.07 Å². The van der Waals surface area contributed by atoms with E-state index < -0.39 is 45.3 Å². The van der Waals surface area contributed by atoms with Crippen molar-refractivity contribution in [3.8, 4) is 0 Å². The van der Waals surface area contributed by atoms with Crippen LogP contribution in [0.2, 0.25) is 0 Å². The molecule has 0 amide bonds. The molecular formula is C11H8F4N2O3. The Kier molecular flexibility index (Phi) is 2.95. The van der Waals surface area contributed by atoms with E-state index in [1.165, 1.54) is 0 Å². The smallest absolute Gasteiger partial charge is 0.470 e. The predicted octanol–water partition coefficient (Wildman–Crippen LogP) is -0.293. The molecule has 108 valence electrons. The van der Waals surface area contributed by atoms with Gasteiger partial charge in [0.25, 0.3) is 10.7 Å². The van der Waals surface area contributed by atoms with Crippen molar-refractivity contribution in [3.63, 3.8) is 0 Å². The van der Waals surface area contributed by atoms with Crippen LogP contribution in [0.3, 0.4) is 0 Å². The number of nitrogens with zero attached hydrogens (tertiary/aromatic N) is 2. The van der Waals surface area contributed by atoms with E-state index in [1.807, 2.05) is 0 Å². The Hall–Kier alpha value is -2.19. The van der Waals surface area contributed by atoms with Gasteiger partial charge in [-0.1, -0.05) is 0 Å². The average Bonchev–Trinajstić information content (AvgIpc) is 2.31. The SMILES string of the molecule is CC(=O)C1(C(F)(F)F)C[N+]([O-])=c2cc(F)ccc2=[N+]1[O-]. The molecule has 5 nitrogen and oxygen atoms in total. The maximum absolute atomic E-state index is 13.1. The van der Waals surface area contributed by atoms with Crippen LogP contribution >= 0.6 is 0 Å². The van der Waals surface area contributed by atoms with Crippen molar-refractivity contribution < 1.29 is 22.4 Å². The number of carbonyl (C=O) groups excluding carboxylic acids is 1. The third kappa shape index (κ3) is 1.73. The summed E-state index contributed by atoms with van der Waals surface area (Å²) in [5.41, 5.74) is -3.49. The van der Waals surface area contributed by atoms with E-state index in [-0.39, 0.29) is 4.74 Å². The first-order valence-corrected chi connectivity index (χ1v) is 5.40. The van der Waals surface area contributed by atoms with E-state index in [1.54, 1.807) is 0 Å². The van der Waals surface area contributed by atoms with Gasteiger partial charge in [0, 0.05) is 13.0 Å². The summed E-state index contributed by atoms with van der Waals surface area (Å²) in [4.78, 5) is 11.4. The van der Waals surface area contributed by atoms with Crippen LogP contribution in [-0.2, 0) is 4.79 Å². The lowest BCUT2D eigenvalue weighted by molar-refractivity contribution is -0.200. The molecule has 0 bridgehead atoms. The average molecular weight is 292 g/mol. The van der Waals surface area contributed by atoms with Gasteiger partial charge in [-0.25, -0.2) is 4.39 Å². The summed E-state index contributed by atoms with van der Waals surface area (Å²) < 4.78 is 51.7. The topological polar surface area (TPSA) is 69.2 Å². The van der Waals surface area contributed by atoms with Crippen molar-refractivity contribution in [2.24, 2.45) is 0 Å². The second-order valence-electron chi connectivity index (χ2n) is 4.38. The number of benzene rings is 1. The first-order chi connectivity index (χ1) is 9.11.